The first kappa shape index (κ1) is 33.2. The number of aryl methyl sites for hydroxylation is 1. The Hall–Kier alpha value is -4.92. The first-order valence-corrected chi connectivity index (χ1v) is 17.8. The number of halogens is 2. The third kappa shape index (κ3) is 4.87. The Balaban J connectivity index is 1.35. The summed E-state index contributed by atoms with van der Waals surface area (Å²) >= 11 is 12.9. The highest BCUT2D eigenvalue weighted by atomic mass is 35.5. The van der Waals surface area contributed by atoms with Gasteiger partial charge in [0.15, 0.2) is 11.5 Å². The van der Waals surface area contributed by atoms with Crippen molar-refractivity contribution in [3.05, 3.63) is 129 Å². The molecule has 2 aliphatic heterocycles. The minimum Gasteiger partial charge on any atom is -0.504 e. The van der Waals surface area contributed by atoms with Crippen molar-refractivity contribution in [2.24, 2.45) is 23.7 Å². The zero-order chi connectivity index (χ0) is 35.8. The topological polar surface area (TPSA) is 104 Å². The van der Waals surface area contributed by atoms with Crippen LogP contribution in [0.1, 0.15) is 42.4 Å². The van der Waals surface area contributed by atoms with Gasteiger partial charge in [-0.15, -0.1) is 0 Å². The number of hydrogen-bond donors (Lipinski definition) is 1. The van der Waals surface area contributed by atoms with Crippen LogP contribution in [0.4, 0.5) is 11.4 Å². The number of amides is 4. The molecular formula is C41H34Cl2N2O6. The number of carbonyl (C=O) groups is 4. The van der Waals surface area contributed by atoms with Gasteiger partial charge in [-0.25, -0.2) is 9.80 Å². The zero-order valence-corrected chi connectivity index (χ0v) is 29.4. The molecule has 2 saturated heterocycles. The summed E-state index contributed by atoms with van der Waals surface area (Å²) in [7, 11) is 0. The molecule has 4 aliphatic rings. The lowest BCUT2D eigenvalue weighted by Gasteiger charge is -2.50. The SMILES string of the molecule is CCOc1cc(C2C3=CCC4C(=O)N(c5ccc(C)c(Cl)c5)C(=O)C4C3CC3C(=O)N(c4cccc(Cl)c4)C(=O)C32c2ccccc2)ccc1O. The Labute approximate surface area is 305 Å². The largest absolute Gasteiger partial charge is 0.504 e. The second kappa shape index (κ2) is 12.4. The van der Waals surface area contributed by atoms with E-state index in [-0.39, 0.29) is 36.2 Å². The van der Waals surface area contributed by atoms with Crippen LogP contribution < -0.4 is 14.5 Å². The smallest absolute Gasteiger partial charge is 0.246 e. The number of fused-ring (bicyclic) bond motifs is 4. The third-order valence-electron chi connectivity index (χ3n) is 11.2. The van der Waals surface area contributed by atoms with Crippen LogP contribution in [0.5, 0.6) is 11.5 Å². The molecule has 0 spiro atoms. The standard InChI is InChI=1S/C41H34Cl2N2O6/c1-3-51-34-18-23(13-17-33(34)46)36-28-15-16-29-35(39(49)44(37(29)47)27-14-12-22(2)32(43)20-27)30(28)21-31-38(48)45(26-11-7-10-25(42)19-26)40(50)41(31,36)24-8-5-4-6-9-24/h4-15,17-20,29-31,35-36,46H,3,16,21H2,1-2H3. The van der Waals surface area contributed by atoms with E-state index in [4.69, 9.17) is 27.9 Å². The zero-order valence-electron chi connectivity index (χ0n) is 27.9. The number of hydrogen-bond acceptors (Lipinski definition) is 6. The Morgan fingerprint density at radius 3 is 2.31 bits per heavy atom. The minimum atomic E-state index is -1.44. The number of phenols is 1. The number of phenolic OH excluding ortho intramolecular Hbond substituents is 1. The summed E-state index contributed by atoms with van der Waals surface area (Å²) in [5.41, 5.74) is 2.25. The number of benzene rings is 4. The molecule has 0 bridgehead atoms. The van der Waals surface area contributed by atoms with Crippen molar-refractivity contribution in [3.63, 3.8) is 0 Å². The van der Waals surface area contributed by atoms with Crippen LogP contribution in [0.25, 0.3) is 0 Å². The third-order valence-corrected chi connectivity index (χ3v) is 11.8. The molecule has 258 valence electrons. The van der Waals surface area contributed by atoms with E-state index in [9.17, 15) is 19.5 Å². The average Bonchev–Trinajstić information content (AvgIpc) is 3.51. The van der Waals surface area contributed by atoms with Gasteiger partial charge in [0.2, 0.25) is 23.6 Å². The number of imide groups is 2. The Bertz CT molecular complexity index is 2170. The number of allylic oxidation sites excluding steroid dienone is 2. The van der Waals surface area contributed by atoms with Crippen LogP contribution in [0.15, 0.2) is 103 Å². The molecule has 4 aromatic carbocycles. The number of aromatic hydroxyl groups is 1. The maximum atomic E-state index is 15.4. The fourth-order valence-electron chi connectivity index (χ4n) is 9.08. The normalized spacial score (nSPS) is 26.9. The highest BCUT2D eigenvalue weighted by molar-refractivity contribution is 6.33. The summed E-state index contributed by atoms with van der Waals surface area (Å²) < 4.78 is 5.82. The van der Waals surface area contributed by atoms with Crippen LogP contribution in [0, 0.1) is 30.6 Å². The van der Waals surface area contributed by atoms with E-state index in [2.05, 4.69) is 0 Å². The summed E-state index contributed by atoms with van der Waals surface area (Å²) in [4.78, 5) is 61.4. The number of ether oxygens (including phenoxy) is 1. The predicted octanol–water partition coefficient (Wildman–Crippen LogP) is 7.77. The highest BCUT2D eigenvalue weighted by Gasteiger charge is 2.70. The van der Waals surface area contributed by atoms with Gasteiger partial charge in [0.05, 0.1) is 41.2 Å². The molecule has 2 heterocycles. The maximum absolute atomic E-state index is 15.4. The van der Waals surface area contributed by atoms with Gasteiger partial charge in [-0.05, 0) is 91.8 Å². The quantitative estimate of drug-likeness (QED) is 0.161. The summed E-state index contributed by atoms with van der Waals surface area (Å²) in [5, 5.41) is 11.6. The molecule has 6 unspecified atom stereocenters. The van der Waals surface area contributed by atoms with Crippen molar-refractivity contribution >= 4 is 58.2 Å². The second-order valence-corrected chi connectivity index (χ2v) is 14.5. The maximum Gasteiger partial charge on any atom is 0.246 e. The van der Waals surface area contributed by atoms with Gasteiger partial charge in [0, 0.05) is 16.0 Å². The van der Waals surface area contributed by atoms with E-state index in [0.717, 1.165) is 11.1 Å². The summed E-state index contributed by atoms with van der Waals surface area (Å²) in [6.07, 6.45) is 2.44. The molecule has 0 radical (unpaired) electrons. The van der Waals surface area contributed by atoms with E-state index in [1.165, 1.54) is 15.9 Å². The molecule has 51 heavy (non-hydrogen) atoms. The Morgan fingerprint density at radius 1 is 0.824 bits per heavy atom. The van der Waals surface area contributed by atoms with Crippen molar-refractivity contribution in [1.82, 2.24) is 0 Å². The summed E-state index contributed by atoms with van der Waals surface area (Å²) in [6.45, 7) is 3.95. The molecule has 1 N–H and O–H groups in total. The van der Waals surface area contributed by atoms with Crippen LogP contribution >= 0.6 is 23.2 Å². The molecule has 4 amide bonds. The number of carbonyl (C=O) groups excluding carboxylic acids is 4. The molecule has 4 aromatic rings. The monoisotopic (exact) mass is 720 g/mol. The van der Waals surface area contributed by atoms with E-state index >= 15 is 4.79 Å². The van der Waals surface area contributed by atoms with Crippen LogP contribution in [0.3, 0.4) is 0 Å². The molecule has 8 rings (SSSR count). The molecule has 8 nitrogen and oxygen atoms in total. The van der Waals surface area contributed by atoms with Gasteiger partial charge < -0.3 is 9.84 Å². The Morgan fingerprint density at radius 2 is 1.59 bits per heavy atom. The van der Waals surface area contributed by atoms with Gasteiger partial charge in [-0.2, -0.15) is 0 Å². The first-order chi connectivity index (χ1) is 24.6. The van der Waals surface area contributed by atoms with E-state index in [1.807, 2.05) is 50.3 Å². The lowest BCUT2D eigenvalue weighted by molar-refractivity contribution is -0.127. The van der Waals surface area contributed by atoms with Gasteiger partial charge in [0.25, 0.3) is 0 Å². The number of nitrogens with zero attached hydrogens (tertiary/aromatic N) is 2. The molecule has 6 atom stereocenters. The summed E-state index contributed by atoms with van der Waals surface area (Å²) in [5.74, 6) is -4.91. The van der Waals surface area contributed by atoms with Crippen LogP contribution in [0.2, 0.25) is 10.0 Å². The van der Waals surface area contributed by atoms with Gasteiger partial charge in [-0.3, -0.25) is 19.2 Å². The molecule has 2 aliphatic carbocycles. The van der Waals surface area contributed by atoms with Crippen molar-refractivity contribution < 1.29 is 29.0 Å². The predicted molar refractivity (Wildman–Crippen MR) is 194 cm³/mol. The summed E-state index contributed by atoms with van der Waals surface area (Å²) in [6, 6.07) is 26.1. The molecule has 1 saturated carbocycles. The fourth-order valence-corrected chi connectivity index (χ4v) is 9.43. The fraction of sp³-hybridized carbons (Fsp3) is 0.268. The average molecular weight is 722 g/mol. The molecule has 3 fully saturated rings. The van der Waals surface area contributed by atoms with E-state index in [0.29, 0.717) is 39.2 Å². The van der Waals surface area contributed by atoms with Gasteiger partial charge in [0.1, 0.15) is 0 Å². The number of rotatable bonds is 6. The molecule has 0 aromatic heterocycles. The van der Waals surface area contributed by atoms with Crippen molar-refractivity contribution in [2.75, 3.05) is 16.4 Å². The van der Waals surface area contributed by atoms with Crippen molar-refractivity contribution in [3.8, 4) is 11.5 Å². The molecular weight excluding hydrogens is 687 g/mol. The Kier molecular flexibility index (Phi) is 8.07. The second-order valence-electron chi connectivity index (χ2n) is 13.7. The van der Waals surface area contributed by atoms with Gasteiger partial charge in [-0.1, -0.05) is 83.4 Å². The van der Waals surface area contributed by atoms with Crippen LogP contribution in [-0.4, -0.2) is 35.3 Å². The lowest BCUT2D eigenvalue weighted by atomic mass is 9.49. The van der Waals surface area contributed by atoms with E-state index in [1.54, 1.807) is 54.6 Å². The lowest BCUT2D eigenvalue weighted by Crippen LogP contribution is -2.53. The van der Waals surface area contributed by atoms with Gasteiger partial charge >= 0.3 is 0 Å². The minimum absolute atomic E-state index is 0.0608. The first-order valence-electron chi connectivity index (χ1n) is 17.1. The van der Waals surface area contributed by atoms with Crippen molar-refractivity contribution in [1.29, 1.82) is 0 Å². The number of anilines is 2. The van der Waals surface area contributed by atoms with Crippen LogP contribution in [-0.2, 0) is 24.6 Å². The molecule has 10 heteroatoms. The highest BCUT2D eigenvalue weighted by Crippen LogP contribution is 2.65. The van der Waals surface area contributed by atoms with E-state index < -0.39 is 46.8 Å². The van der Waals surface area contributed by atoms with Crippen molar-refractivity contribution in [2.45, 2.75) is 38.0 Å².